The zero-order valence-corrected chi connectivity index (χ0v) is 10.2. The van der Waals surface area contributed by atoms with Crippen LogP contribution in [0, 0.1) is 5.92 Å². The summed E-state index contributed by atoms with van der Waals surface area (Å²) >= 11 is 0. The van der Waals surface area contributed by atoms with Crippen molar-refractivity contribution in [3.05, 3.63) is 29.8 Å². The summed E-state index contributed by atoms with van der Waals surface area (Å²) in [6.45, 7) is 4.33. The van der Waals surface area contributed by atoms with Crippen molar-refractivity contribution in [2.24, 2.45) is 11.7 Å². The Labute approximate surface area is 101 Å². The lowest BCUT2D eigenvalue weighted by Gasteiger charge is -2.12. The quantitative estimate of drug-likeness (QED) is 0.760. The summed E-state index contributed by atoms with van der Waals surface area (Å²) in [5, 5.41) is 9.12. The van der Waals surface area contributed by atoms with Crippen molar-refractivity contribution in [2.45, 2.75) is 26.3 Å². The van der Waals surface area contributed by atoms with Crippen LogP contribution in [-0.2, 0) is 16.0 Å². The number of phenolic OH excluding ortho intramolecular Hbond substituents is 1. The highest BCUT2D eigenvalue weighted by Gasteiger charge is 2.15. The predicted molar refractivity (Wildman–Crippen MR) is 65.6 cm³/mol. The molecule has 4 nitrogen and oxygen atoms in total. The van der Waals surface area contributed by atoms with Gasteiger partial charge in [-0.05, 0) is 30.0 Å². The van der Waals surface area contributed by atoms with E-state index in [1.807, 2.05) is 13.8 Å². The molecular formula is C13H19NO3. The largest absolute Gasteiger partial charge is 0.508 e. The maximum absolute atomic E-state index is 11.5. The molecule has 0 aliphatic heterocycles. The number of hydrogen-bond donors (Lipinski definition) is 2. The second-order valence-corrected chi connectivity index (χ2v) is 4.50. The Morgan fingerprint density at radius 3 is 2.47 bits per heavy atom. The number of rotatable bonds is 5. The summed E-state index contributed by atoms with van der Waals surface area (Å²) in [6, 6.07) is 5.97. The second-order valence-electron chi connectivity index (χ2n) is 4.50. The summed E-state index contributed by atoms with van der Waals surface area (Å²) < 4.78 is 5.05. The lowest BCUT2D eigenvalue weighted by atomic mass is 10.1. The van der Waals surface area contributed by atoms with Crippen molar-refractivity contribution >= 4 is 5.97 Å². The molecule has 0 aromatic heterocycles. The van der Waals surface area contributed by atoms with Crippen molar-refractivity contribution in [3.63, 3.8) is 0 Å². The number of nitrogens with two attached hydrogens (primary N) is 1. The van der Waals surface area contributed by atoms with Gasteiger partial charge in [-0.1, -0.05) is 26.0 Å². The second kappa shape index (κ2) is 6.25. The summed E-state index contributed by atoms with van der Waals surface area (Å²) in [7, 11) is 0. The lowest BCUT2D eigenvalue weighted by Crippen LogP contribution is -2.35. The lowest BCUT2D eigenvalue weighted by molar-refractivity contribution is -0.146. The highest BCUT2D eigenvalue weighted by molar-refractivity contribution is 5.75. The van der Waals surface area contributed by atoms with E-state index in [0.717, 1.165) is 5.56 Å². The molecule has 0 saturated carbocycles. The molecule has 94 valence electrons. The van der Waals surface area contributed by atoms with Crippen LogP contribution in [0.1, 0.15) is 19.4 Å². The van der Waals surface area contributed by atoms with Gasteiger partial charge in [-0.2, -0.15) is 0 Å². The zero-order chi connectivity index (χ0) is 12.8. The van der Waals surface area contributed by atoms with Crippen molar-refractivity contribution in [2.75, 3.05) is 6.61 Å². The first kappa shape index (κ1) is 13.5. The average Bonchev–Trinajstić information content (AvgIpc) is 2.28. The summed E-state index contributed by atoms with van der Waals surface area (Å²) in [5.74, 6) is 0.122. The maximum Gasteiger partial charge on any atom is 0.323 e. The normalized spacial score (nSPS) is 12.5. The van der Waals surface area contributed by atoms with Crippen LogP contribution >= 0.6 is 0 Å². The molecule has 17 heavy (non-hydrogen) atoms. The van der Waals surface area contributed by atoms with Gasteiger partial charge in [0.15, 0.2) is 0 Å². The molecule has 0 fully saturated rings. The van der Waals surface area contributed by atoms with Gasteiger partial charge >= 0.3 is 5.97 Å². The minimum Gasteiger partial charge on any atom is -0.508 e. The van der Waals surface area contributed by atoms with E-state index in [-0.39, 0.29) is 11.7 Å². The van der Waals surface area contributed by atoms with Gasteiger partial charge in [0.1, 0.15) is 11.8 Å². The Morgan fingerprint density at radius 1 is 1.35 bits per heavy atom. The highest BCUT2D eigenvalue weighted by Crippen LogP contribution is 2.11. The molecule has 0 spiro atoms. The van der Waals surface area contributed by atoms with Gasteiger partial charge in [0.25, 0.3) is 0 Å². The zero-order valence-electron chi connectivity index (χ0n) is 10.2. The van der Waals surface area contributed by atoms with Gasteiger partial charge in [-0.15, -0.1) is 0 Å². The molecule has 1 unspecified atom stereocenters. The van der Waals surface area contributed by atoms with Crippen LogP contribution in [0.4, 0.5) is 0 Å². The van der Waals surface area contributed by atoms with Gasteiger partial charge in [0.2, 0.25) is 0 Å². The van der Waals surface area contributed by atoms with E-state index in [9.17, 15) is 4.79 Å². The highest BCUT2D eigenvalue weighted by atomic mass is 16.5. The minimum absolute atomic E-state index is 0.199. The summed E-state index contributed by atoms with van der Waals surface area (Å²) in [4.78, 5) is 11.5. The van der Waals surface area contributed by atoms with Gasteiger partial charge in [0.05, 0.1) is 6.61 Å². The van der Waals surface area contributed by atoms with E-state index < -0.39 is 6.04 Å². The third-order valence-corrected chi connectivity index (χ3v) is 2.25. The van der Waals surface area contributed by atoms with Gasteiger partial charge < -0.3 is 15.6 Å². The van der Waals surface area contributed by atoms with E-state index in [2.05, 4.69) is 0 Å². The number of benzene rings is 1. The van der Waals surface area contributed by atoms with Crippen molar-refractivity contribution < 1.29 is 14.6 Å². The molecule has 1 aromatic carbocycles. The van der Waals surface area contributed by atoms with Crippen molar-refractivity contribution in [1.29, 1.82) is 0 Å². The first-order chi connectivity index (χ1) is 7.99. The van der Waals surface area contributed by atoms with Crippen LogP contribution in [0.15, 0.2) is 24.3 Å². The topological polar surface area (TPSA) is 72.5 Å². The Morgan fingerprint density at radius 2 is 1.94 bits per heavy atom. The number of esters is 1. The van der Waals surface area contributed by atoms with E-state index in [1.54, 1.807) is 24.3 Å². The number of carbonyl (C=O) groups excluding carboxylic acids is 1. The van der Waals surface area contributed by atoms with Crippen LogP contribution in [0.5, 0.6) is 5.75 Å². The predicted octanol–water partition coefficient (Wildman–Crippen LogP) is 1.46. The maximum atomic E-state index is 11.5. The molecule has 0 heterocycles. The number of carbonyl (C=O) groups is 1. The molecule has 0 bridgehead atoms. The molecule has 0 amide bonds. The Balaban J connectivity index is 2.45. The average molecular weight is 237 g/mol. The van der Waals surface area contributed by atoms with Crippen LogP contribution in [0.2, 0.25) is 0 Å². The van der Waals surface area contributed by atoms with E-state index >= 15 is 0 Å². The summed E-state index contributed by atoms with van der Waals surface area (Å²) in [6.07, 6.45) is 0.414. The van der Waals surface area contributed by atoms with Crippen molar-refractivity contribution in [3.8, 4) is 5.75 Å². The molecular weight excluding hydrogens is 218 g/mol. The smallest absolute Gasteiger partial charge is 0.323 e. The molecule has 3 N–H and O–H groups in total. The monoisotopic (exact) mass is 237 g/mol. The first-order valence-electron chi connectivity index (χ1n) is 5.69. The number of phenols is 1. The van der Waals surface area contributed by atoms with Crippen LogP contribution < -0.4 is 5.73 Å². The van der Waals surface area contributed by atoms with Crippen LogP contribution in [0.25, 0.3) is 0 Å². The number of ether oxygens (including phenoxy) is 1. The third kappa shape index (κ3) is 4.87. The molecule has 1 aromatic rings. The van der Waals surface area contributed by atoms with E-state index in [4.69, 9.17) is 15.6 Å². The minimum atomic E-state index is -0.654. The first-order valence-corrected chi connectivity index (χ1v) is 5.69. The van der Waals surface area contributed by atoms with Gasteiger partial charge in [0, 0.05) is 0 Å². The summed E-state index contributed by atoms with van der Waals surface area (Å²) in [5.41, 5.74) is 6.64. The Bertz CT molecular complexity index is 359. The molecule has 1 atom stereocenters. The molecule has 1 rings (SSSR count). The van der Waals surface area contributed by atoms with Crippen LogP contribution in [-0.4, -0.2) is 23.7 Å². The van der Waals surface area contributed by atoms with Gasteiger partial charge in [-0.3, -0.25) is 4.79 Å². The molecule has 0 saturated heterocycles. The van der Waals surface area contributed by atoms with Gasteiger partial charge in [-0.25, -0.2) is 0 Å². The molecule has 0 aliphatic rings. The standard InChI is InChI=1S/C13H19NO3/c1-9(2)8-17-13(16)12(14)7-10-3-5-11(15)6-4-10/h3-6,9,12,15H,7-8,14H2,1-2H3. The van der Waals surface area contributed by atoms with Crippen molar-refractivity contribution in [1.82, 2.24) is 0 Å². The molecule has 0 radical (unpaired) electrons. The van der Waals surface area contributed by atoms with E-state index in [1.165, 1.54) is 0 Å². The molecule has 4 heteroatoms. The third-order valence-electron chi connectivity index (χ3n) is 2.25. The van der Waals surface area contributed by atoms with Crippen LogP contribution in [0.3, 0.4) is 0 Å². The number of hydrogen-bond acceptors (Lipinski definition) is 4. The Hall–Kier alpha value is -1.55. The fraction of sp³-hybridized carbons (Fsp3) is 0.462. The number of aromatic hydroxyl groups is 1. The fourth-order valence-electron chi connectivity index (χ4n) is 1.33. The van der Waals surface area contributed by atoms with E-state index in [0.29, 0.717) is 18.9 Å². The molecule has 0 aliphatic carbocycles. The Kier molecular flexibility index (Phi) is 4.97. The fourth-order valence-corrected chi connectivity index (χ4v) is 1.33. The SMILES string of the molecule is CC(C)COC(=O)C(N)Cc1ccc(O)cc1.